The smallest absolute Gasteiger partial charge is 0.303 e. The molecular formula is C13H19N3O3S. The number of carbonyl (C=O) groups is 2. The molecule has 110 valence electrons. The van der Waals surface area contributed by atoms with E-state index in [9.17, 15) is 9.59 Å². The van der Waals surface area contributed by atoms with Gasteiger partial charge in [-0.25, -0.2) is 4.98 Å². The summed E-state index contributed by atoms with van der Waals surface area (Å²) in [6.45, 7) is 2.05. The molecule has 1 amide bonds. The molecule has 1 aromatic rings. The average Bonchev–Trinajstić information content (AvgIpc) is 2.89. The number of rotatable bonds is 6. The van der Waals surface area contributed by atoms with E-state index in [1.165, 1.54) is 11.3 Å². The Morgan fingerprint density at radius 2 is 2.40 bits per heavy atom. The Balaban J connectivity index is 1.74. The van der Waals surface area contributed by atoms with Gasteiger partial charge in [-0.1, -0.05) is 0 Å². The number of carbonyl (C=O) groups excluding carboxylic acids is 1. The number of aliphatic carboxylic acids is 1. The van der Waals surface area contributed by atoms with E-state index in [4.69, 9.17) is 5.11 Å². The topological polar surface area (TPSA) is 82.5 Å². The van der Waals surface area contributed by atoms with Crippen molar-refractivity contribution in [2.75, 3.05) is 25.0 Å². The number of piperidine rings is 1. The van der Waals surface area contributed by atoms with Gasteiger partial charge in [0.2, 0.25) is 5.91 Å². The first-order valence-electron chi connectivity index (χ1n) is 6.77. The summed E-state index contributed by atoms with van der Waals surface area (Å²) in [5.74, 6) is -0.421. The maximum atomic E-state index is 11.9. The van der Waals surface area contributed by atoms with Crippen LogP contribution in [0.4, 0.5) is 5.13 Å². The monoisotopic (exact) mass is 297 g/mol. The van der Waals surface area contributed by atoms with Gasteiger partial charge >= 0.3 is 5.97 Å². The van der Waals surface area contributed by atoms with Gasteiger partial charge in [0.25, 0.3) is 0 Å². The molecule has 1 aromatic heterocycles. The van der Waals surface area contributed by atoms with Crippen molar-refractivity contribution in [2.45, 2.75) is 25.7 Å². The molecule has 0 spiro atoms. The number of amides is 1. The summed E-state index contributed by atoms with van der Waals surface area (Å²) in [7, 11) is 0. The van der Waals surface area contributed by atoms with E-state index in [0.29, 0.717) is 24.0 Å². The Kier molecular flexibility index (Phi) is 5.49. The average molecular weight is 297 g/mol. The van der Waals surface area contributed by atoms with Crippen molar-refractivity contribution >= 4 is 28.3 Å². The largest absolute Gasteiger partial charge is 0.481 e. The molecule has 20 heavy (non-hydrogen) atoms. The fourth-order valence-corrected chi connectivity index (χ4v) is 3.05. The zero-order valence-electron chi connectivity index (χ0n) is 11.2. The van der Waals surface area contributed by atoms with Gasteiger partial charge < -0.3 is 10.4 Å². The molecule has 0 aromatic carbocycles. The third-order valence-electron chi connectivity index (χ3n) is 3.42. The van der Waals surface area contributed by atoms with Crippen molar-refractivity contribution < 1.29 is 14.7 Å². The van der Waals surface area contributed by atoms with Gasteiger partial charge in [0.15, 0.2) is 5.13 Å². The second-order valence-electron chi connectivity index (χ2n) is 5.06. The standard InChI is InChI=1S/C13H19N3O3S/c17-11(15-13-14-5-7-20-13)9-16-6-1-2-10(8-16)3-4-12(18)19/h5,7,10H,1-4,6,8-9H2,(H,18,19)(H,14,15,17). The maximum Gasteiger partial charge on any atom is 0.303 e. The number of aromatic nitrogens is 1. The highest BCUT2D eigenvalue weighted by atomic mass is 32.1. The molecule has 2 heterocycles. The number of nitrogens with zero attached hydrogens (tertiary/aromatic N) is 2. The Morgan fingerprint density at radius 3 is 3.10 bits per heavy atom. The summed E-state index contributed by atoms with van der Waals surface area (Å²) in [5, 5.41) is 13.9. The zero-order chi connectivity index (χ0) is 14.4. The minimum Gasteiger partial charge on any atom is -0.481 e. The van der Waals surface area contributed by atoms with E-state index in [2.05, 4.69) is 15.2 Å². The summed E-state index contributed by atoms with van der Waals surface area (Å²) >= 11 is 1.40. The van der Waals surface area contributed by atoms with Gasteiger partial charge in [-0.15, -0.1) is 11.3 Å². The van der Waals surface area contributed by atoms with E-state index < -0.39 is 5.97 Å². The minimum absolute atomic E-state index is 0.0566. The van der Waals surface area contributed by atoms with Gasteiger partial charge in [-0.3, -0.25) is 14.5 Å². The van der Waals surface area contributed by atoms with Gasteiger partial charge in [-0.2, -0.15) is 0 Å². The highest BCUT2D eigenvalue weighted by Gasteiger charge is 2.22. The van der Waals surface area contributed by atoms with Crippen LogP contribution in [0.25, 0.3) is 0 Å². The van der Waals surface area contributed by atoms with E-state index in [-0.39, 0.29) is 12.3 Å². The molecule has 2 rings (SSSR count). The maximum absolute atomic E-state index is 11.9. The van der Waals surface area contributed by atoms with Crippen LogP contribution in [-0.2, 0) is 9.59 Å². The predicted octanol–water partition coefficient (Wildman–Crippen LogP) is 1.66. The Hall–Kier alpha value is -1.47. The van der Waals surface area contributed by atoms with Crippen LogP contribution < -0.4 is 5.32 Å². The SMILES string of the molecule is O=C(O)CCC1CCCN(CC(=O)Nc2nccs2)C1. The summed E-state index contributed by atoms with van der Waals surface area (Å²) in [6.07, 6.45) is 4.64. The van der Waals surface area contributed by atoms with Crippen molar-refractivity contribution in [3.05, 3.63) is 11.6 Å². The molecule has 2 N–H and O–H groups in total. The second kappa shape index (κ2) is 7.35. The molecule has 1 fully saturated rings. The normalized spacial score (nSPS) is 19.7. The van der Waals surface area contributed by atoms with Crippen LogP contribution in [0.3, 0.4) is 0 Å². The molecule has 0 aliphatic carbocycles. The quantitative estimate of drug-likeness (QED) is 0.834. The molecule has 1 atom stereocenters. The van der Waals surface area contributed by atoms with Crippen LogP contribution >= 0.6 is 11.3 Å². The van der Waals surface area contributed by atoms with Crippen molar-refractivity contribution in [1.29, 1.82) is 0 Å². The first kappa shape index (κ1) is 14.9. The lowest BCUT2D eigenvalue weighted by Crippen LogP contribution is -2.40. The van der Waals surface area contributed by atoms with Crippen LogP contribution in [0.5, 0.6) is 0 Å². The highest BCUT2D eigenvalue weighted by Crippen LogP contribution is 2.21. The van der Waals surface area contributed by atoms with Crippen molar-refractivity contribution in [2.24, 2.45) is 5.92 Å². The molecule has 1 unspecified atom stereocenters. The molecular weight excluding hydrogens is 278 g/mol. The molecule has 6 nitrogen and oxygen atoms in total. The number of carboxylic acid groups (broad SMARTS) is 1. The second-order valence-corrected chi connectivity index (χ2v) is 5.96. The number of likely N-dealkylation sites (tertiary alicyclic amines) is 1. The number of nitrogens with one attached hydrogen (secondary N) is 1. The van der Waals surface area contributed by atoms with Gasteiger partial charge in [-0.05, 0) is 31.7 Å². The number of anilines is 1. The molecule has 0 saturated carbocycles. The minimum atomic E-state index is -0.747. The molecule has 0 bridgehead atoms. The lowest BCUT2D eigenvalue weighted by molar-refractivity contribution is -0.137. The van der Waals surface area contributed by atoms with Gasteiger partial charge in [0.1, 0.15) is 0 Å². The molecule has 7 heteroatoms. The first-order chi connectivity index (χ1) is 9.63. The Morgan fingerprint density at radius 1 is 1.55 bits per heavy atom. The summed E-state index contributed by atoms with van der Waals surface area (Å²) in [4.78, 5) is 28.6. The Labute approximate surface area is 121 Å². The van der Waals surface area contributed by atoms with E-state index in [0.717, 1.165) is 25.9 Å². The molecule has 1 aliphatic rings. The van der Waals surface area contributed by atoms with Gasteiger partial charge in [0.05, 0.1) is 6.54 Å². The summed E-state index contributed by atoms with van der Waals surface area (Å²) < 4.78 is 0. The third-order valence-corrected chi connectivity index (χ3v) is 4.10. The van der Waals surface area contributed by atoms with Crippen molar-refractivity contribution in [3.8, 4) is 0 Å². The number of hydrogen-bond acceptors (Lipinski definition) is 5. The van der Waals surface area contributed by atoms with Crippen molar-refractivity contribution in [1.82, 2.24) is 9.88 Å². The first-order valence-corrected chi connectivity index (χ1v) is 7.65. The predicted molar refractivity (Wildman–Crippen MR) is 76.8 cm³/mol. The van der Waals surface area contributed by atoms with Crippen LogP contribution in [0.15, 0.2) is 11.6 Å². The summed E-state index contributed by atoms with van der Waals surface area (Å²) in [5.41, 5.74) is 0. The van der Waals surface area contributed by atoms with E-state index >= 15 is 0 Å². The van der Waals surface area contributed by atoms with Crippen LogP contribution in [0.1, 0.15) is 25.7 Å². The van der Waals surface area contributed by atoms with E-state index in [1.54, 1.807) is 6.20 Å². The van der Waals surface area contributed by atoms with Gasteiger partial charge in [0, 0.05) is 24.5 Å². The van der Waals surface area contributed by atoms with Crippen LogP contribution in [0.2, 0.25) is 0 Å². The summed E-state index contributed by atoms with van der Waals surface area (Å²) in [6, 6.07) is 0. The zero-order valence-corrected chi connectivity index (χ0v) is 12.1. The third kappa shape index (κ3) is 4.90. The lowest BCUT2D eigenvalue weighted by Gasteiger charge is -2.31. The van der Waals surface area contributed by atoms with Crippen LogP contribution in [0, 0.1) is 5.92 Å². The lowest BCUT2D eigenvalue weighted by atomic mass is 9.93. The fourth-order valence-electron chi connectivity index (χ4n) is 2.51. The van der Waals surface area contributed by atoms with Crippen LogP contribution in [-0.4, -0.2) is 46.5 Å². The molecule has 1 saturated heterocycles. The Bertz CT molecular complexity index is 450. The highest BCUT2D eigenvalue weighted by molar-refractivity contribution is 7.13. The van der Waals surface area contributed by atoms with Crippen molar-refractivity contribution in [3.63, 3.8) is 0 Å². The number of thiazole rings is 1. The molecule has 1 aliphatic heterocycles. The number of hydrogen-bond donors (Lipinski definition) is 2. The fraction of sp³-hybridized carbons (Fsp3) is 0.615. The number of carboxylic acids is 1. The molecule has 0 radical (unpaired) electrons. The van der Waals surface area contributed by atoms with E-state index in [1.807, 2.05) is 5.38 Å².